The second kappa shape index (κ2) is 4.63. The molecule has 1 aliphatic rings. The zero-order valence-corrected chi connectivity index (χ0v) is 9.93. The van der Waals surface area contributed by atoms with E-state index in [2.05, 4.69) is 38.1 Å². The molecule has 1 aromatic rings. The van der Waals surface area contributed by atoms with Gasteiger partial charge in [-0.15, -0.1) is 0 Å². The van der Waals surface area contributed by atoms with Crippen LogP contribution >= 0.6 is 0 Å². The molecule has 1 aliphatic carbocycles. The molecule has 1 atom stereocenters. The minimum absolute atomic E-state index is 0.469. The second-order valence-corrected chi connectivity index (χ2v) is 4.07. The third-order valence-electron chi connectivity index (χ3n) is 3.39. The van der Waals surface area contributed by atoms with Crippen molar-refractivity contribution in [1.29, 1.82) is 0 Å². The molecule has 0 aliphatic heterocycles. The maximum atomic E-state index is 2.39. The Hall–Kier alpha value is -0.780. The lowest BCUT2D eigenvalue weighted by Crippen LogP contribution is -2.15. The molecule has 0 nitrogen and oxygen atoms in total. The van der Waals surface area contributed by atoms with Gasteiger partial charge in [-0.05, 0) is 35.8 Å². The standard InChI is InChI=1S/C12H16.C2H6/c1-3-12(2)9-8-10-6-4-5-7-11(10)12;1-2/h4-7H,3,8-9H2,1-2H3;1-2H3. The van der Waals surface area contributed by atoms with Gasteiger partial charge < -0.3 is 0 Å². The van der Waals surface area contributed by atoms with Crippen LogP contribution in [0, 0.1) is 0 Å². The van der Waals surface area contributed by atoms with E-state index in [9.17, 15) is 0 Å². The summed E-state index contributed by atoms with van der Waals surface area (Å²) in [5, 5.41) is 0. The van der Waals surface area contributed by atoms with E-state index in [-0.39, 0.29) is 0 Å². The van der Waals surface area contributed by atoms with Crippen LogP contribution in [0.3, 0.4) is 0 Å². The zero-order valence-electron chi connectivity index (χ0n) is 9.93. The molecule has 78 valence electrons. The predicted octanol–water partition coefficient (Wildman–Crippen LogP) is 4.33. The van der Waals surface area contributed by atoms with Crippen LogP contribution in [0.25, 0.3) is 0 Å². The number of fused-ring (bicyclic) bond motifs is 1. The van der Waals surface area contributed by atoms with Crippen molar-refractivity contribution in [2.24, 2.45) is 0 Å². The van der Waals surface area contributed by atoms with Crippen LogP contribution in [-0.4, -0.2) is 0 Å². The van der Waals surface area contributed by atoms with Crippen LogP contribution < -0.4 is 0 Å². The molecule has 0 heteroatoms. The Morgan fingerprint density at radius 1 is 1.21 bits per heavy atom. The van der Waals surface area contributed by atoms with Crippen LogP contribution in [0.5, 0.6) is 0 Å². The third-order valence-corrected chi connectivity index (χ3v) is 3.39. The second-order valence-electron chi connectivity index (χ2n) is 4.07. The van der Waals surface area contributed by atoms with E-state index in [0.29, 0.717) is 5.41 Å². The van der Waals surface area contributed by atoms with E-state index in [0.717, 1.165) is 0 Å². The first-order valence-electron chi connectivity index (χ1n) is 5.85. The molecule has 0 spiro atoms. The van der Waals surface area contributed by atoms with Crippen LogP contribution in [0.1, 0.15) is 51.7 Å². The largest absolute Gasteiger partial charge is 0.0683 e. The topological polar surface area (TPSA) is 0 Å². The molecule has 0 saturated carbocycles. The maximum Gasteiger partial charge on any atom is -0.00720 e. The summed E-state index contributed by atoms with van der Waals surface area (Å²) in [5.41, 5.74) is 3.63. The van der Waals surface area contributed by atoms with Gasteiger partial charge in [0, 0.05) is 0 Å². The van der Waals surface area contributed by atoms with Crippen LogP contribution in [0.15, 0.2) is 24.3 Å². The Kier molecular flexibility index (Phi) is 3.74. The van der Waals surface area contributed by atoms with E-state index >= 15 is 0 Å². The predicted molar refractivity (Wildman–Crippen MR) is 63.8 cm³/mol. The van der Waals surface area contributed by atoms with E-state index in [4.69, 9.17) is 0 Å². The quantitative estimate of drug-likeness (QED) is 0.618. The molecular formula is C14H22. The van der Waals surface area contributed by atoms with Gasteiger partial charge in [0.1, 0.15) is 0 Å². The summed E-state index contributed by atoms with van der Waals surface area (Å²) >= 11 is 0. The molecule has 0 aromatic heterocycles. The molecule has 0 amide bonds. The zero-order chi connectivity index (χ0) is 10.6. The highest BCUT2D eigenvalue weighted by atomic mass is 14.4. The monoisotopic (exact) mass is 190 g/mol. The van der Waals surface area contributed by atoms with Gasteiger partial charge in [-0.3, -0.25) is 0 Å². The first-order valence-corrected chi connectivity index (χ1v) is 5.85. The SMILES string of the molecule is CC.CCC1(C)CCc2ccccc21. The number of rotatable bonds is 1. The summed E-state index contributed by atoms with van der Waals surface area (Å²) in [5.74, 6) is 0. The minimum atomic E-state index is 0.469. The van der Waals surface area contributed by atoms with E-state index in [1.165, 1.54) is 19.3 Å². The first kappa shape index (κ1) is 11.3. The first-order chi connectivity index (χ1) is 6.76. The van der Waals surface area contributed by atoms with Crippen molar-refractivity contribution in [3.63, 3.8) is 0 Å². The number of hydrogen-bond donors (Lipinski definition) is 0. The molecule has 0 heterocycles. The van der Waals surface area contributed by atoms with E-state index in [1.807, 2.05) is 13.8 Å². The van der Waals surface area contributed by atoms with Crippen molar-refractivity contribution in [2.75, 3.05) is 0 Å². The molecule has 1 aromatic carbocycles. The summed E-state index contributed by atoms with van der Waals surface area (Å²) in [4.78, 5) is 0. The number of benzene rings is 1. The average Bonchev–Trinajstić information content (AvgIpc) is 2.61. The fourth-order valence-electron chi connectivity index (χ4n) is 2.24. The van der Waals surface area contributed by atoms with Crippen molar-refractivity contribution in [2.45, 2.75) is 52.4 Å². The lowest BCUT2D eigenvalue weighted by Gasteiger charge is -2.23. The summed E-state index contributed by atoms with van der Waals surface area (Å²) < 4.78 is 0. The van der Waals surface area contributed by atoms with Crippen molar-refractivity contribution in [1.82, 2.24) is 0 Å². The smallest absolute Gasteiger partial charge is 0.00720 e. The van der Waals surface area contributed by atoms with Gasteiger partial charge in [0.25, 0.3) is 0 Å². The van der Waals surface area contributed by atoms with Gasteiger partial charge in [0.05, 0.1) is 0 Å². The molecule has 1 unspecified atom stereocenters. The lowest BCUT2D eigenvalue weighted by molar-refractivity contribution is 0.453. The Bertz CT molecular complexity index is 288. The van der Waals surface area contributed by atoms with Crippen LogP contribution in [0.4, 0.5) is 0 Å². The molecule has 0 N–H and O–H groups in total. The molecule has 0 saturated heterocycles. The summed E-state index contributed by atoms with van der Waals surface area (Å²) in [6.45, 7) is 8.68. The van der Waals surface area contributed by atoms with E-state index < -0.39 is 0 Å². The molecule has 0 radical (unpaired) electrons. The third kappa shape index (κ3) is 1.84. The Labute approximate surface area is 88.4 Å². The van der Waals surface area contributed by atoms with Crippen molar-refractivity contribution in [3.8, 4) is 0 Å². The Morgan fingerprint density at radius 3 is 2.50 bits per heavy atom. The van der Waals surface area contributed by atoms with Crippen molar-refractivity contribution < 1.29 is 0 Å². The lowest BCUT2D eigenvalue weighted by atomic mass is 9.82. The normalized spacial score (nSPS) is 23.7. The molecule has 2 rings (SSSR count). The van der Waals surface area contributed by atoms with Crippen molar-refractivity contribution >= 4 is 0 Å². The van der Waals surface area contributed by atoms with Gasteiger partial charge in [-0.25, -0.2) is 0 Å². The maximum absolute atomic E-state index is 2.39. The Balaban J connectivity index is 0.000000461. The van der Waals surface area contributed by atoms with Gasteiger partial charge >= 0.3 is 0 Å². The summed E-state index contributed by atoms with van der Waals surface area (Å²) in [6, 6.07) is 8.89. The van der Waals surface area contributed by atoms with Crippen LogP contribution in [0.2, 0.25) is 0 Å². The van der Waals surface area contributed by atoms with Gasteiger partial charge in [-0.2, -0.15) is 0 Å². The highest BCUT2D eigenvalue weighted by Crippen LogP contribution is 2.40. The molecule has 0 fully saturated rings. The van der Waals surface area contributed by atoms with Gasteiger partial charge in [0.2, 0.25) is 0 Å². The van der Waals surface area contributed by atoms with Gasteiger partial charge in [0.15, 0.2) is 0 Å². The molecular weight excluding hydrogens is 168 g/mol. The van der Waals surface area contributed by atoms with Gasteiger partial charge in [-0.1, -0.05) is 52.0 Å². The van der Waals surface area contributed by atoms with E-state index in [1.54, 1.807) is 11.1 Å². The number of aryl methyl sites for hydroxylation is 1. The minimum Gasteiger partial charge on any atom is -0.0683 e. The number of hydrogen-bond acceptors (Lipinski definition) is 0. The molecule has 14 heavy (non-hydrogen) atoms. The fourth-order valence-corrected chi connectivity index (χ4v) is 2.24. The summed E-state index contributed by atoms with van der Waals surface area (Å²) in [7, 11) is 0. The van der Waals surface area contributed by atoms with Crippen LogP contribution in [-0.2, 0) is 11.8 Å². The average molecular weight is 190 g/mol. The molecule has 0 bridgehead atoms. The fraction of sp³-hybridized carbons (Fsp3) is 0.571. The highest BCUT2D eigenvalue weighted by Gasteiger charge is 2.31. The summed E-state index contributed by atoms with van der Waals surface area (Å²) in [6.07, 6.45) is 3.88. The Morgan fingerprint density at radius 2 is 1.86 bits per heavy atom. The van der Waals surface area contributed by atoms with Crippen molar-refractivity contribution in [3.05, 3.63) is 35.4 Å². The highest BCUT2D eigenvalue weighted by molar-refractivity contribution is 5.38.